The summed E-state index contributed by atoms with van der Waals surface area (Å²) < 4.78 is 64.5. The summed E-state index contributed by atoms with van der Waals surface area (Å²) in [4.78, 5) is 18.4. The van der Waals surface area contributed by atoms with Gasteiger partial charge >= 0.3 is 6.18 Å². The van der Waals surface area contributed by atoms with Crippen molar-refractivity contribution < 1.29 is 26.4 Å². The quantitative estimate of drug-likeness (QED) is 0.471. The van der Waals surface area contributed by atoms with E-state index in [1.165, 1.54) is 19.1 Å². The van der Waals surface area contributed by atoms with Gasteiger partial charge in [0.15, 0.2) is 0 Å². The van der Waals surface area contributed by atoms with E-state index in [9.17, 15) is 26.4 Å². The third-order valence-electron chi connectivity index (χ3n) is 3.31. The Kier molecular flexibility index (Phi) is 6.84. The number of carbonyl (C=O) groups excluding carboxylic acids is 1. The number of hydrogen-bond acceptors (Lipinski definition) is 7. The number of carbonyl (C=O) groups is 1. The lowest BCUT2D eigenvalue weighted by Crippen LogP contribution is -2.27. The van der Waals surface area contributed by atoms with Crippen LogP contribution >= 0.6 is 0 Å². The Hall–Kier alpha value is -3.09. The molecular formula is C16H19F3N6O3S. The maximum Gasteiger partial charge on any atom is 0.421 e. The maximum atomic E-state index is 13.2. The van der Waals surface area contributed by atoms with E-state index < -0.39 is 27.6 Å². The van der Waals surface area contributed by atoms with Crippen molar-refractivity contribution in [2.75, 3.05) is 34.7 Å². The highest BCUT2D eigenvalue weighted by Gasteiger charge is 2.35. The number of nitrogens with zero attached hydrogens (tertiary/aromatic N) is 2. The van der Waals surface area contributed by atoms with Gasteiger partial charge in [0.1, 0.15) is 11.4 Å². The van der Waals surface area contributed by atoms with E-state index in [1.54, 1.807) is 12.1 Å². The van der Waals surface area contributed by atoms with Gasteiger partial charge in [0.05, 0.1) is 11.9 Å². The number of anilines is 4. The molecule has 0 fully saturated rings. The first kappa shape index (κ1) is 22.2. The number of rotatable bonds is 8. The highest BCUT2D eigenvalue weighted by molar-refractivity contribution is 7.92. The van der Waals surface area contributed by atoms with Crippen molar-refractivity contribution in [2.45, 2.75) is 13.1 Å². The number of hydrogen-bond donors (Lipinski definition) is 4. The van der Waals surface area contributed by atoms with Crippen molar-refractivity contribution in [3.63, 3.8) is 0 Å². The molecule has 0 aliphatic rings. The van der Waals surface area contributed by atoms with Crippen LogP contribution in [0.15, 0.2) is 30.5 Å². The summed E-state index contributed by atoms with van der Waals surface area (Å²) in [7, 11) is -3.49. The molecule has 13 heteroatoms. The normalized spacial score (nSPS) is 11.6. The van der Waals surface area contributed by atoms with Crippen LogP contribution in [0.1, 0.15) is 12.5 Å². The number of alkyl halides is 3. The minimum absolute atomic E-state index is 0.0207. The molecule has 0 aliphatic heterocycles. The summed E-state index contributed by atoms with van der Waals surface area (Å²) >= 11 is 0. The van der Waals surface area contributed by atoms with Crippen molar-refractivity contribution in [1.82, 2.24) is 15.3 Å². The van der Waals surface area contributed by atoms with Crippen LogP contribution in [0, 0.1) is 0 Å². The number of nitrogens with one attached hydrogen (secondary N) is 4. The van der Waals surface area contributed by atoms with Crippen molar-refractivity contribution >= 4 is 39.1 Å². The van der Waals surface area contributed by atoms with Gasteiger partial charge in [-0.1, -0.05) is 6.07 Å². The van der Waals surface area contributed by atoms with Crippen molar-refractivity contribution in [3.05, 3.63) is 36.0 Å². The molecule has 158 valence electrons. The molecule has 29 heavy (non-hydrogen) atoms. The summed E-state index contributed by atoms with van der Waals surface area (Å²) in [6.07, 6.45) is -3.05. The number of amides is 1. The van der Waals surface area contributed by atoms with E-state index in [-0.39, 0.29) is 30.6 Å². The average Bonchev–Trinajstić information content (AvgIpc) is 2.56. The molecule has 0 radical (unpaired) electrons. The molecule has 0 unspecified atom stereocenters. The standard InChI is InChI=1S/C16H19F3N6O3S/c1-10(26)20-6-7-21-14-13(16(17,18)19)9-22-15(24-14)23-11-4-3-5-12(8-11)25-29(2,27)28/h3-5,8-9,25H,6-7H2,1-2H3,(H,20,26)(H2,21,22,23,24). The first-order chi connectivity index (χ1) is 13.4. The topological polar surface area (TPSA) is 125 Å². The molecule has 0 saturated carbocycles. The predicted octanol–water partition coefficient (Wildman–Crippen LogP) is 2.16. The number of benzene rings is 1. The van der Waals surface area contributed by atoms with Crippen molar-refractivity contribution in [1.29, 1.82) is 0 Å². The molecule has 0 saturated heterocycles. The summed E-state index contributed by atoms with van der Waals surface area (Å²) in [5, 5.41) is 7.71. The van der Waals surface area contributed by atoms with E-state index in [4.69, 9.17) is 0 Å². The van der Waals surface area contributed by atoms with Crippen LogP contribution in [0.5, 0.6) is 0 Å². The van der Waals surface area contributed by atoms with Gasteiger partial charge in [0.25, 0.3) is 0 Å². The Balaban J connectivity index is 2.22. The van der Waals surface area contributed by atoms with E-state index in [0.717, 1.165) is 6.26 Å². The van der Waals surface area contributed by atoms with Crippen LogP contribution in [-0.2, 0) is 21.0 Å². The summed E-state index contributed by atoms with van der Waals surface area (Å²) in [6.45, 7) is 1.42. The van der Waals surface area contributed by atoms with Crippen LogP contribution in [0.25, 0.3) is 0 Å². The molecule has 1 aromatic heterocycles. The van der Waals surface area contributed by atoms with Crippen LogP contribution in [-0.4, -0.2) is 43.6 Å². The Morgan fingerprint density at radius 2 is 1.86 bits per heavy atom. The molecule has 1 heterocycles. The lowest BCUT2D eigenvalue weighted by atomic mass is 10.3. The smallest absolute Gasteiger partial charge is 0.368 e. The van der Waals surface area contributed by atoms with Gasteiger partial charge in [-0.25, -0.2) is 13.4 Å². The molecule has 4 N–H and O–H groups in total. The monoisotopic (exact) mass is 432 g/mol. The SMILES string of the molecule is CC(=O)NCCNc1nc(Nc2cccc(NS(C)(=O)=O)c2)ncc1C(F)(F)F. The first-order valence-corrected chi connectivity index (χ1v) is 10.1. The zero-order valence-corrected chi connectivity index (χ0v) is 16.3. The Morgan fingerprint density at radius 3 is 2.48 bits per heavy atom. The third kappa shape index (κ3) is 7.44. The number of sulfonamides is 1. The van der Waals surface area contributed by atoms with E-state index >= 15 is 0 Å². The molecule has 0 atom stereocenters. The van der Waals surface area contributed by atoms with Crippen LogP contribution in [0.4, 0.5) is 36.3 Å². The fourth-order valence-electron chi connectivity index (χ4n) is 2.21. The maximum absolute atomic E-state index is 13.2. The molecule has 0 spiro atoms. The van der Waals surface area contributed by atoms with Crippen LogP contribution in [0.2, 0.25) is 0 Å². The third-order valence-corrected chi connectivity index (χ3v) is 3.91. The second-order valence-electron chi connectivity index (χ2n) is 5.94. The largest absolute Gasteiger partial charge is 0.421 e. The molecule has 0 bridgehead atoms. The molecule has 1 amide bonds. The zero-order valence-electron chi connectivity index (χ0n) is 15.5. The fraction of sp³-hybridized carbons (Fsp3) is 0.312. The summed E-state index contributed by atoms with van der Waals surface area (Å²) in [5.41, 5.74) is -0.431. The van der Waals surface area contributed by atoms with Gasteiger partial charge in [-0.2, -0.15) is 18.2 Å². The zero-order chi connectivity index (χ0) is 21.7. The lowest BCUT2D eigenvalue weighted by Gasteiger charge is -2.15. The van der Waals surface area contributed by atoms with Gasteiger partial charge < -0.3 is 16.0 Å². The van der Waals surface area contributed by atoms with Gasteiger partial charge in [-0.05, 0) is 18.2 Å². The Labute approximate surface area is 165 Å². The van der Waals surface area contributed by atoms with E-state index in [0.29, 0.717) is 11.9 Å². The average molecular weight is 432 g/mol. The molecule has 9 nitrogen and oxygen atoms in total. The number of aromatic nitrogens is 2. The first-order valence-electron chi connectivity index (χ1n) is 8.21. The van der Waals surface area contributed by atoms with Gasteiger partial charge in [0.2, 0.25) is 21.9 Å². The van der Waals surface area contributed by atoms with Crippen molar-refractivity contribution in [3.8, 4) is 0 Å². The minimum atomic E-state index is -4.67. The lowest BCUT2D eigenvalue weighted by molar-refractivity contribution is -0.137. The van der Waals surface area contributed by atoms with Crippen LogP contribution < -0.4 is 20.7 Å². The Bertz CT molecular complexity index is 982. The molecule has 2 aromatic rings. The second-order valence-corrected chi connectivity index (χ2v) is 7.69. The van der Waals surface area contributed by atoms with Gasteiger partial charge in [-0.3, -0.25) is 9.52 Å². The summed E-state index contributed by atoms with van der Waals surface area (Å²) in [6, 6.07) is 6.06. The minimum Gasteiger partial charge on any atom is -0.368 e. The van der Waals surface area contributed by atoms with Crippen LogP contribution in [0.3, 0.4) is 0 Å². The Morgan fingerprint density at radius 1 is 1.17 bits per heavy atom. The van der Waals surface area contributed by atoms with Crippen molar-refractivity contribution in [2.24, 2.45) is 0 Å². The fourth-order valence-corrected chi connectivity index (χ4v) is 2.76. The molecule has 1 aromatic carbocycles. The highest BCUT2D eigenvalue weighted by Crippen LogP contribution is 2.34. The van der Waals surface area contributed by atoms with Gasteiger partial charge in [-0.15, -0.1) is 0 Å². The molecule has 0 aliphatic carbocycles. The molecular weight excluding hydrogens is 413 g/mol. The highest BCUT2D eigenvalue weighted by atomic mass is 32.2. The second kappa shape index (κ2) is 8.94. The van der Waals surface area contributed by atoms with Gasteiger partial charge in [0, 0.05) is 31.9 Å². The van der Waals surface area contributed by atoms with E-state index in [1.807, 2.05) is 0 Å². The predicted molar refractivity (Wildman–Crippen MR) is 102 cm³/mol. The van der Waals surface area contributed by atoms with E-state index in [2.05, 4.69) is 30.6 Å². The molecule has 2 rings (SSSR count). The summed E-state index contributed by atoms with van der Waals surface area (Å²) in [5.74, 6) is -0.891. The number of halogens is 3.